The van der Waals surface area contributed by atoms with E-state index < -0.39 is 0 Å². The lowest BCUT2D eigenvalue weighted by Crippen LogP contribution is -2.33. The maximum Gasteiger partial charge on any atom is 0.259 e. The quantitative estimate of drug-likeness (QED) is 0.780. The molecule has 0 saturated heterocycles. The summed E-state index contributed by atoms with van der Waals surface area (Å²) in [4.78, 5) is 30.4. The monoisotopic (exact) mass is 334 g/mol. The fourth-order valence-corrected chi connectivity index (χ4v) is 3.31. The number of aromatic nitrogens is 2. The molecule has 126 valence electrons. The Morgan fingerprint density at radius 1 is 1.20 bits per heavy atom. The molecule has 0 spiro atoms. The van der Waals surface area contributed by atoms with Crippen LogP contribution in [-0.2, 0) is 17.8 Å². The molecule has 1 aromatic carbocycles. The van der Waals surface area contributed by atoms with Gasteiger partial charge in [0.05, 0.1) is 0 Å². The number of benzene rings is 1. The molecule has 0 fully saturated rings. The standard InChI is InChI=1S/C19H18N4O2/c1-13(24)20-16-6-4-5-14-12-22(10-8-15(14)16)18-11-19(25)23-9-3-2-7-17(23)21-18/h2-7,9,11H,8,10,12H2,1H3,(H,20,24). The van der Waals surface area contributed by atoms with E-state index in [9.17, 15) is 9.59 Å². The molecule has 1 amide bonds. The van der Waals surface area contributed by atoms with Crippen LogP contribution < -0.4 is 15.8 Å². The molecule has 3 aromatic rings. The molecule has 6 heteroatoms. The SMILES string of the molecule is CC(=O)Nc1cccc2c1CCN(c1cc(=O)n3ccccc3n1)C2. The Bertz CT molecular complexity index is 1030. The normalized spacial score (nSPS) is 13.6. The third-order valence-electron chi connectivity index (χ3n) is 4.46. The van der Waals surface area contributed by atoms with Crippen LogP contribution in [0.4, 0.5) is 11.5 Å². The Kier molecular flexibility index (Phi) is 3.72. The Morgan fingerprint density at radius 2 is 2.08 bits per heavy atom. The second-order valence-electron chi connectivity index (χ2n) is 6.18. The third-order valence-corrected chi connectivity index (χ3v) is 4.46. The van der Waals surface area contributed by atoms with Gasteiger partial charge in [-0.3, -0.25) is 14.0 Å². The second kappa shape index (κ2) is 6.05. The first-order valence-electron chi connectivity index (χ1n) is 8.23. The van der Waals surface area contributed by atoms with Crippen molar-refractivity contribution in [3.8, 4) is 0 Å². The number of carbonyl (C=O) groups is 1. The van der Waals surface area contributed by atoms with Crippen LogP contribution in [0.1, 0.15) is 18.1 Å². The molecule has 3 heterocycles. The summed E-state index contributed by atoms with van der Waals surface area (Å²) in [6, 6.07) is 13.0. The van der Waals surface area contributed by atoms with Gasteiger partial charge in [0.15, 0.2) is 0 Å². The molecule has 4 rings (SSSR count). The number of pyridine rings is 1. The topological polar surface area (TPSA) is 66.7 Å². The smallest absolute Gasteiger partial charge is 0.259 e. The highest BCUT2D eigenvalue weighted by atomic mass is 16.1. The fourth-order valence-electron chi connectivity index (χ4n) is 3.31. The molecule has 0 saturated carbocycles. The van der Waals surface area contributed by atoms with Gasteiger partial charge in [-0.15, -0.1) is 0 Å². The van der Waals surface area contributed by atoms with E-state index in [1.54, 1.807) is 12.3 Å². The summed E-state index contributed by atoms with van der Waals surface area (Å²) in [6.07, 6.45) is 2.52. The van der Waals surface area contributed by atoms with Crippen molar-refractivity contribution in [2.75, 3.05) is 16.8 Å². The zero-order valence-corrected chi connectivity index (χ0v) is 13.9. The number of hydrogen-bond acceptors (Lipinski definition) is 4. The van der Waals surface area contributed by atoms with Gasteiger partial charge in [-0.05, 0) is 35.7 Å². The first kappa shape index (κ1) is 15.4. The van der Waals surface area contributed by atoms with Crippen LogP contribution in [0, 0.1) is 0 Å². The molecular formula is C19H18N4O2. The molecule has 0 bridgehead atoms. The first-order chi connectivity index (χ1) is 12.1. The lowest BCUT2D eigenvalue weighted by molar-refractivity contribution is -0.114. The van der Waals surface area contributed by atoms with Gasteiger partial charge in [0.2, 0.25) is 5.91 Å². The van der Waals surface area contributed by atoms with Crippen LogP contribution >= 0.6 is 0 Å². The third kappa shape index (κ3) is 2.87. The van der Waals surface area contributed by atoms with Crippen molar-refractivity contribution in [3.63, 3.8) is 0 Å². The predicted octanol–water partition coefficient (Wildman–Crippen LogP) is 2.22. The average molecular weight is 334 g/mol. The minimum atomic E-state index is -0.0848. The highest BCUT2D eigenvalue weighted by molar-refractivity contribution is 5.89. The zero-order chi connectivity index (χ0) is 17.4. The van der Waals surface area contributed by atoms with Crippen LogP contribution in [0.5, 0.6) is 0 Å². The highest BCUT2D eigenvalue weighted by Gasteiger charge is 2.20. The van der Waals surface area contributed by atoms with Gasteiger partial charge in [-0.1, -0.05) is 18.2 Å². The van der Waals surface area contributed by atoms with E-state index in [0.29, 0.717) is 18.0 Å². The van der Waals surface area contributed by atoms with Crippen molar-refractivity contribution in [2.45, 2.75) is 19.9 Å². The molecule has 0 unspecified atom stereocenters. The van der Waals surface area contributed by atoms with Crippen molar-refractivity contribution in [3.05, 3.63) is 70.1 Å². The molecule has 1 aliphatic rings. The summed E-state index contributed by atoms with van der Waals surface area (Å²) in [5.41, 5.74) is 3.73. The van der Waals surface area contributed by atoms with Crippen LogP contribution in [-0.4, -0.2) is 21.8 Å². The molecule has 0 atom stereocenters. The summed E-state index contributed by atoms with van der Waals surface area (Å²) in [6.45, 7) is 2.93. The van der Waals surface area contributed by atoms with Gasteiger partial charge >= 0.3 is 0 Å². The molecule has 1 N–H and O–H groups in total. The number of amides is 1. The molecule has 6 nitrogen and oxygen atoms in total. The van der Waals surface area contributed by atoms with Crippen LogP contribution in [0.25, 0.3) is 5.65 Å². The Hall–Kier alpha value is -3.15. The van der Waals surface area contributed by atoms with Gasteiger partial charge in [-0.25, -0.2) is 4.98 Å². The van der Waals surface area contributed by atoms with E-state index in [2.05, 4.69) is 21.3 Å². The number of nitrogens with zero attached hydrogens (tertiary/aromatic N) is 3. The number of rotatable bonds is 2. The van der Waals surface area contributed by atoms with Crippen molar-refractivity contribution in [2.24, 2.45) is 0 Å². The van der Waals surface area contributed by atoms with Crippen molar-refractivity contribution >= 4 is 23.1 Å². The lowest BCUT2D eigenvalue weighted by atomic mass is 9.97. The zero-order valence-electron chi connectivity index (χ0n) is 13.9. The van der Waals surface area contributed by atoms with Gasteiger partial charge in [0.1, 0.15) is 11.5 Å². The summed E-state index contributed by atoms with van der Waals surface area (Å²) in [5, 5.41) is 2.89. The van der Waals surface area contributed by atoms with E-state index in [-0.39, 0.29) is 11.5 Å². The minimum Gasteiger partial charge on any atom is -0.352 e. The Labute approximate surface area is 144 Å². The molecule has 0 radical (unpaired) electrons. The second-order valence-corrected chi connectivity index (χ2v) is 6.18. The average Bonchev–Trinajstić information content (AvgIpc) is 2.61. The minimum absolute atomic E-state index is 0.0694. The molecular weight excluding hydrogens is 316 g/mol. The van der Waals surface area contributed by atoms with Gasteiger partial charge in [0.25, 0.3) is 5.56 Å². The van der Waals surface area contributed by atoms with Crippen LogP contribution in [0.15, 0.2) is 53.5 Å². The summed E-state index contributed by atoms with van der Waals surface area (Å²) < 4.78 is 1.54. The Balaban J connectivity index is 1.69. The van der Waals surface area contributed by atoms with E-state index in [1.165, 1.54) is 11.3 Å². The Morgan fingerprint density at radius 3 is 2.92 bits per heavy atom. The number of carbonyl (C=O) groups excluding carboxylic acids is 1. The first-order valence-corrected chi connectivity index (χ1v) is 8.23. The molecule has 0 aliphatic carbocycles. The highest BCUT2D eigenvalue weighted by Crippen LogP contribution is 2.28. The number of nitrogens with one attached hydrogen (secondary N) is 1. The maximum absolute atomic E-state index is 12.3. The van der Waals surface area contributed by atoms with Gasteiger partial charge < -0.3 is 10.2 Å². The summed E-state index contributed by atoms with van der Waals surface area (Å²) >= 11 is 0. The van der Waals surface area contributed by atoms with Crippen molar-refractivity contribution < 1.29 is 4.79 Å². The largest absolute Gasteiger partial charge is 0.352 e. The van der Waals surface area contributed by atoms with Gasteiger partial charge in [0, 0.05) is 38.0 Å². The van der Waals surface area contributed by atoms with Gasteiger partial charge in [-0.2, -0.15) is 0 Å². The number of hydrogen-bond donors (Lipinski definition) is 1. The lowest BCUT2D eigenvalue weighted by Gasteiger charge is -2.31. The van der Waals surface area contributed by atoms with E-state index in [1.807, 2.05) is 30.3 Å². The van der Waals surface area contributed by atoms with Crippen molar-refractivity contribution in [1.29, 1.82) is 0 Å². The molecule has 25 heavy (non-hydrogen) atoms. The van der Waals surface area contributed by atoms with Crippen molar-refractivity contribution in [1.82, 2.24) is 9.38 Å². The predicted molar refractivity (Wildman–Crippen MR) is 97.0 cm³/mol. The van der Waals surface area contributed by atoms with E-state index in [0.717, 1.165) is 29.8 Å². The fraction of sp³-hybridized carbons (Fsp3) is 0.211. The maximum atomic E-state index is 12.3. The summed E-state index contributed by atoms with van der Waals surface area (Å²) in [7, 11) is 0. The van der Waals surface area contributed by atoms with Crippen LogP contribution in [0.2, 0.25) is 0 Å². The van der Waals surface area contributed by atoms with E-state index >= 15 is 0 Å². The number of fused-ring (bicyclic) bond motifs is 2. The molecule has 2 aromatic heterocycles. The van der Waals surface area contributed by atoms with E-state index in [4.69, 9.17) is 0 Å². The summed E-state index contributed by atoms with van der Waals surface area (Å²) in [5.74, 6) is 0.617. The number of anilines is 2. The molecule has 1 aliphatic heterocycles. The van der Waals surface area contributed by atoms with Crippen LogP contribution in [0.3, 0.4) is 0 Å².